The molecule has 0 radical (unpaired) electrons. The molecule has 1 aromatic rings. The molecule has 0 bridgehead atoms. The lowest BCUT2D eigenvalue weighted by atomic mass is 10.00. The van der Waals surface area contributed by atoms with Gasteiger partial charge in [0, 0.05) is 25.2 Å². The molecule has 2 N–H and O–H groups in total. The normalized spacial score (nSPS) is 30.3. The van der Waals surface area contributed by atoms with E-state index in [4.69, 9.17) is 5.73 Å². The first kappa shape index (κ1) is 13.1. The minimum Gasteiger partial charge on any atom is -0.323 e. The zero-order valence-electron chi connectivity index (χ0n) is 11.6. The predicted octanol–water partition coefficient (Wildman–Crippen LogP) is 2.95. The molecule has 0 aromatic heterocycles. The van der Waals surface area contributed by atoms with Crippen molar-refractivity contribution in [3.05, 3.63) is 35.6 Å². The average molecular weight is 262 g/mol. The fourth-order valence-electron chi connectivity index (χ4n) is 3.79. The van der Waals surface area contributed by atoms with Gasteiger partial charge in [0.05, 0.1) is 0 Å². The molecule has 4 unspecified atom stereocenters. The van der Waals surface area contributed by atoms with Gasteiger partial charge in [-0.2, -0.15) is 0 Å². The second kappa shape index (κ2) is 5.22. The summed E-state index contributed by atoms with van der Waals surface area (Å²) in [7, 11) is 0. The molecule has 19 heavy (non-hydrogen) atoms. The van der Waals surface area contributed by atoms with E-state index < -0.39 is 0 Å². The fraction of sp³-hybridized carbons (Fsp3) is 0.625. The van der Waals surface area contributed by atoms with Crippen LogP contribution in [0.3, 0.4) is 0 Å². The Morgan fingerprint density at radius 2 is 1.74 bits per heavy atom. The summed E-state index contributed by atoms with van der Waals surface area (Å²) in [5.41, 5.74) is 7.39. The molecule has 1 saturated heterocycles. The van der Waals surface area contributed by atoms with E-state index in [0.717, 1.165) is 17.4 Å². The number of rotatable bonds is 3. The van der Waals surface area contributed by atoms with E-state index in [1.807, 2.05) is 12.1 Å². The van der Waals surface area contributed by atoms with E-state index in [0.29, 0.717) is 6.04 Å². The van der Waals surface area contributed by atoms with Gasteiger partial charge < -0.3 is 5.73 Å². The number of halogens is 1. The molecule has 3 rings (SSSR count). The van der Waals surface area contributed by atoms with Crippen molar-refractivity contribution in [2.24, 2.45) is 17.6 Å². The number of nitrogens with zero attached hydrogens (tertiary/aromatic N) is 1. The standard InChI is InChI=1S/C16H23FN2/c1-11(16(18)12-5-7-15(17)8-6-12)19-9-13-3-2-4-14(13)10-19/h5-8,11,13-14,16H,2-4,9-10,18H2,1H3. The van der Waals surface area contributed by atoms with E-state index >= 15 is 0 Å². The molecule has 2 nitrogen and oxygen atoms in total. The Kier molecular flexibility index (Phi) is 3.59. The van der Waals surface area contributed by atoms with Gasteiger partial charge in [-0.3, -0.25) is 4.90 Å². The molecule has 3 heteroatoms. The molecule has 1 heterocycles. The summed E-state index contributed by atoms with van der Waals surface area (Å²) in [4.78, 5) is 2.53. The van der Waals surface area contributed by atoms with Crippen LogP contribution >= 0.6 is 0 Å². The Morgan fingerprint density at radius 1 is 1.16 bits per heavy atom. The summed E-state index contributed by atoms with van der Waals surface area (Å²) in [6.45, 7) is 4.59. The first-order chi connectivity index (χ1) is 9.15. The third kappa shape index (κ3) is 2.54. The van der Waals surface area contributed by atoms with Gasteiger partial charge in [-0.25, -0.2) is 4.39 Å². The third-order valence-electron chi connectivity index (χ3n) is 5.11. The number of hydrogen-bond acceptors (Lipinski definition) is 2. The van der Waals surface area contributed by atoms with Crippen LogP contribution in [-0.2, 0) is 0 Å². The lowest BCUT2D eigenvalue weighted by molar-refractivity contribution is 0.211. The summed E-state index contributed by atoms with van der Waals surface area (Å²) in [6.07, 6.45) is 4.18. The third-order valence-corrected chi connectivity index (χ3v) is 5.11. The van der Waals surface area contributed by atoms with Crippen LogP contribution in [-0.4, -0.2) is 24.0 Å². The van der Waals surface area contributed by atoms with Crippen molar-refractivity contribution in [3.8, 4) is 0 Å². The lowest BCUT2D eigenvalue weighted by Gasteiger charge is -2.30. The molecule has 1 saturated carbocycles. The second-order valence-electron chi connectivity index (χ2n) is 6.22. The number of hydrogen-bond donors (Lipinski definition) is 1. The van der Waals surface area contributed by atoms with Crippen molar-refractivity contribution in [1.29, 1.82) is 0 Å². The van der Waals surface area contributed by atoms with Gasteiger partial charge in [0.1, 0.15) is 5.82 Å². The average Bonchev–Trinajstić information content (AvgIpc) is 2.98. The largest absolute Gasteiger partial charge is 0.323 e. The van der Waals surface area contributed by atoms with E-state index in [2.05, 4.69) is 11.8 Å². The number of likely N-dealkylation sites (tertiary alicyclic amines) is 1. The lowest BCUT2D eigenvalue weighted by Crippen LogP contribution is -2.39. The summed E-state index contributed by atoms with van der Waals surface area (Å²) < 4.78 is 13.0. The highest BCUT2D eigenvalue weighted by Gasteiger charge is 2.38. The Bertz CT molecular complexity index is 419. The van der Waals surface area contributed by atoms with Crippen LogP contribution in [0.1, 0.15) is 37.8 Å². The maximum atomic E-state index is 13.0. The highest BCUT2D eigenvalue weighted by atomic mass is 19.1. The van der Waals surface area contributed by atoms with Gasteiger partial charge >= 0.3 is 0 Å². The van der Waals surface area contributed by atoms with E-state index in [9.17, 15) is 4.39 Å². The molecule has 1 aliphatic carbocycles. The van der Waals surface area contributed by atoms with Crippen molar-refractivity contribution < 1.29 is 4.39 Å². The van der Waals surface area contributed by atoms with Crippen LogP contribution in [0.15, 0.2) is 24.3 Å². The van der Waals surface area contributed by atoms with Crippen molar-refractivity contribution in [3.63, 3.8) is 0 Å². The molecule has 0 amide bonds. The van der Waals surface area contributed by atoms with Gasteiger partial charge in [0.25, 0.3) is 0 Å². The van der Waals surface area contributed by atoms with Gasteiger partial charge in [0.2, 0.25) is 0 Å². The molecule has 4 atom stereocenters. The van der Waals surface area contributed by atoms with E-state index in [1.165, 1.54) is 44.5 Å². The Morgan fingerprint density at radius 3 is 2.32 bits per heavy atom. The number of nitrogens with two attached hydrogens (primary N) is 1. The zero-order chi connectivity index (χ0) is 13.4. The molecular formula is C16H23FN2. The maximum absolute atomic E-state index is 13.0. The van der Waals surface area contributed by atoms with Crippen LogP contribution in [0.2, 0.25) is 0 Å². The second-order valence-corrected chi connectivity index (χ2v) is 6.22. The van der Waals surface area contributed by atoms with Crippen molar-refractivity contribution in [2.75, 3.05) is 13.1 Å². The van der Waals surface area contributed by atoms with Gasteiger partial charge in [0.15, 0.2) is 0 Å². The number of benzene rings is 1. The van der Waals surface area contributed by atoms with Crippen LogP contribution in [0.25, 0.3) is 0 Å². The Hall–Kier alpha value is -0.930. The highest BCUT2D eigenvalue weighted by Crippen LogP contribution is 2.39. The molecule has 1 aromatic carbocycles. The number of fused-ring (bicyclic) bond motifs is 1. The Labute approximate surface area is 114 Å². The van der Waals surface area contributed by atoms with Gasteiger partial charge in [-0.05, 0) is 49.3 Å². The van der Waals surface area contributed by atoms with Crippen LogP contribution in [0.4, 0.5) is 4.39 Å². The summed E-state index contributed by atoms with van der Waals surface area (Å²) in [5.74, 6) is 1.59. The van der Waals surface area contributed by atoms with Crippen LogP contribution in [0, 0.1) is 17.7 Å². The minimum absolute atomic E-state index is 0.0283. The van der Waals surface area contributed by atoms with Gasteiger partial charge in [-0.1, -0.05) is 18.6 Å². The first-order valence-corrected chi connectivity index (χ1v) is 7.40. The highest BCUT2D eigenvalue weighted by molar-refractivity contribution is 5.21. The molecule has 104 valence electrons. The van der Waals surface area contributed by atoms with Crippen LogP contribution in [0.5, 0.6) is 0 Å². The monoisotopic (exact) mass is 262 g/mol. The molecule has 1 aliphatic heterocycles. The smallest absolute Gasteiger partial charge is 0.123 e. The van der Waals surface area contributed by atoms with Crippen LogP contribution < -0.4 is 5.73 Å². The molecule has 0 spiro atoms. The fourth-order valence-corrected chi connectivity index (χ4v) is 3.79. The van der Waals surface area contributed by atoms with Gasteiger partial charge in [-0.15, -0.1) is 0 Å². The van der Waals surface area contributed by atoms with Crippen molar-refractivity contribution in [2.45, 2.75) is 38.3 Å². The maximum Gasteiger partial charge on any atom is 0.123 e. The summed E-state index contributed by atoms with van der Waals surface area (Å²) in [5, 5.41) is 0. The van der Waals surface area contributed by atoms with Crippen molar-refractivity contribution in [1.82, 2.24) is 4.90 Å². The minimum atomic E-state index is -0.195. The van der Waals surface area contributed by atoms with E-state index in [-0.39, 0.29) is 11.9 Å². The zero-order valence-corrected chi connectivity index (χ0v) is 11.6. The summed E-state index contributed by atoms with van der Waals surface area (Å²) >= 11 is 0. The van der Waals surface area contributed by atoms with E-state index in [1.54, 1.807) is 0 Å². The van der Waals surface area contributed by atoms with Crippen molar-refractivity contribution >= 4 is 0 Å². The molecular weight excluding hydrogens is 239 g/mol. The first-order valence-electron chi connectivity index (χ1n) is 7.40. The summed E-state index contributed by atoms with van der Waals surface area (Å²) in [6, 6.07) is 6.93. The Balaban J connectivity index is 1.66. The molecule has 2 aliphatic rings. The molecule has 2 fully saturated rings. The predicted molar refractivity (Wildman–Crippen MR) is 75.2 cm³/mol. The topological polar surface area (TPSA) is 29.3 Å². The quantitative estimate of drug-likeness (QED) is 0.907. The SMILES string of the molecule is CC(C(N)c1ccc(F)cc1)N1CC2CCCC2C1.